The molecule has 1 aliphatic heterocycles. The van der Waals surface area contributed by atoms with Gasteiger partial charge in [0.05, 0.1) is 12.7 Å². The fourth-order valence-electron chi connectivity index (χ4n) is 2.24. The first-order valence-corrected chi connectivity index (χ1v) is 6.14. The number of piperidine rings is 1. The number of rotatable bonds is 3. The molecule has 2 heterocycles. The van der Waals surface area contributed by atoms with Crippen LogP contribution in [-0.2, 0) is 0 Å². The van der Waals surface area contributed by atoms with Gasteiger partial charge in [-0.1, -0.05) is 6.92 Å². The molecule has 1 saturated heterocycles. The van der Waals surface area contributed by atoms with E-state index in [1.807, 2.05) is 19.1 Å². The molecule has 17 heavy (non-hydrogen) atoms. The second-order valence-corrected chi connectivity index (χ2v) is 4.62. The van der Waals surface area contributed by atoms with Gasteiger partial charge in [0.1, 0.15) is 0 Å². The van der Waals surface area contributed by atoms with Crippen LogP contribution in [0.25, 0.3) is 0 Å². The van der Waals surface area contributed by atoms with E-state index in [0.29, 0.717) is 5.88 Å². The van der Waals surface area contributed by atoms with Crippen LogP contribution in [0.3, 0.4) is 0 Å². The first-order chi connectivity index (χ1) is 8.17. The van der Waals surface area contributed by atoms with Gasteiger partial charge < -0.3 is 14.7 Å². The normalized spacial score (nSPS) is 19.1. The molecule has 1 N–H and O–H groups in total. The van der Waals surface area contributed by atoms with Crippen LogP contribution in [0.2, 0.25) is 0 Å². The van der Waals surface area contributed by atoms with Gasteiger partial charge in [-0.15, -0.1) is 0 Å². The molecular weight excluding hydrogens is 216 g/mol. The Labute approximate surface area is 102 Å². The summed E-state index contributed by atoms with van der Waals surface area (Å²) in [4.78, 5) is 6.37. The smallest absolute Gasteiger partial charge is 0.214 e. The first-order valence-electron chi connectivity index (χ1n) is 6.14. The van der Waals surface area contributed by atoms with Crippen molar-refractivity contribution in [1.82, 2.24) is 4.98 Å². The van der Waals surface area contributed by atoms with E-state index in [4.69, 9.17) is 4.74 Å². The standard InChI is InChI=1S/C13H20N2O2/c1-3-13(16)5-8-15(9-6-13)11-4-7-14-12(10-11)17-2/h4,7,10,16H,3,5-6,8-9H2,1-2H3. The molecule has 1 aromatic rings. The van der Waals surface area contributed by atoms with Gasteiger partial charge in [-0.3, -0.25) is 0 Å². The van der Waals surface area contributed by atoms with Crippen LogP contribution in [0.15, 0.2) is 18.3 Å². The predicted octanol–water partition coefficient (Wildman–Crippen LogP) is 1.83. The summed E-state index contributed by atoms with van der Waals surface area (Å²) in [7, 11) is 1.62. The lowest BCUT2D eigenvalue weighted by Crippen LogP contribution is -2.44. The third-order valence-electron chi connectivity index (χ3n) is 3.64. The lowest BCUT2D eigenvalue weighted by molar-refractivity contribution is 0.0126. The zero-order valence-corrected chi connectivity index (χ0v) is 10.5. The van der Waals surface area contributed by atoms with Crippen molar-refractivity contribution in [2.45, 2.75) is 31.8 Å². The number of anilines is 1. The third kappa shape index (κ3) is 2.69. The first kappa shape index (κ1) is 12.2. The molecule has 4 heteroatoms. The molecule has 1 aliphatic rings. The Morgan fingerprint density at radius 1 is 1.47 bits per heavy atom. The topological polar surface area (TPSA) is 45.6 Å². The monoisotopic (exact) mass is 236 g/mol. The lowest BCUT2D eigenvalue weighted by Gasteiger charge is -2.38. The van der Waals surface area contributed by atoms with E-state index in [-0.39, 0.29) is 0 Å². The molecule has 0 saturated carbocycles. The SMILES string of the molecule is CCC1(O)CCN(c2ccnc(OC)c2)CC1. The maximum absolute atomic E-state index is 10.2. The number of methoxy groups -OCH3 is 1. The van der Waals surface area contributed by atoms with Gasteiger partial charge in [0, 0.05) is 31.0 Å². The van der Waals surface area contributed by atoms with Gasteiger partial charge in [0.2, 0.25) is 5.88 Å². The van der Waals surface area contributed by atoms with Crippen molar-refractivity contribution < 1.29 is 9.84 Å². The average Bonchev–Trinajstić information content (AvgIpc) is 2.40. The summed E-state index contributed by atoms with van der Waals surface area (Å²) < 4.78 is 5.12. The maximum atomic E-state index is 10.2. The van der Waals surface area contributed by atoms with Crippen LogP contribution in [0.5, 0.6) is 5.88 Å². The van der Waals surface area contributed by atoms with Gasteiger partial charge in [0.15, 0.2) is 0 Å². The molecule has 0 aromatic carbocycles. The predicted molar refractivity (Wildman–Crippen MR) is 67.5 cm³/mol. The number of hydrogen-bond acceptors (Lipinski definition) is 4. The molecule has 0 spiro atoms. The molecule has 94 valence electrons. The number of nitrogens with zero attached hydrogens (tertiary/aromatic N) is 2. The van der Waals surface area contributed by atoms with E-state index < -0.39 is 5.60 Å². The van der Waals surface area contributed by atoms with Crippen molar-refractivity contribution in [2.24, 2.45) is 0 Å². The highest BCUT2D eigenvalue weighted by molar-refractivity contribution is 5.48. The van der Waals surface area contributed by atoms with Gasteiger partial charge in [0.25, 0.3) is 0 Å². The number of hydrogen-bond donors (Lipinski definition) is 1. The fraction of sp³-hybridized carbons (Fsp3) is 0.615. The fourth-order valence-corrected chi connectivity index (χ4v) is 2.24. The van der Waals surface area contributed by atoms with Crippen molar-refractivity contribution in [2.75, 3.05) is 25.1 Å². The molecule has 4 nitrogen and oxygen atoms in total. The van der Waals surface area contributed by atoms with Crippen molar-refractivity contribution >= 4 is 5.69 Å². The number of aliphatic hydroxyl groups is 1. The minimum atomic E-state index is -0.465. The Morgan fingerprint density at radius 2 is 2.18 bits per heavy atom. The highest BCUT2D eigenvalue weighted by Gasteiger charge is 2.30. The van der Waals surface area contributed by atoms with Gasteiger partial charge in [-0.05, 0) is 25.3 Å². The molecule has 0 aliphatic carbocycles. The quantitative estimate of drug-likeness (QED) is 0.869. The number of pyridine rings is 1. The zero-order valence-electron chi connectivity index (χ0n) is 10.5. The van der Waals surface area contributed by atoms with E-state index in [2.05, 4.69) is 9.88 Å². The minimum absolute atomic E-state index is 0.465. The Bertz CT molecular complexity index is 373. The number of aromatic nitrogens is 1. The van der Waals surface area contributed by atoms with Crippen molar-refractivity contribution in [3.05, 3.63) is 18.3 Å². The summed E-state index contributed by atoms with van der Waals surface area (Å²) in [5.41, 5.74) is 0.656. The lowest BCUT2D eigenvalue weighted by atomic mass is 9.89. The van der Waals surface area contributed by atoms with E-state index in [9.17, 15) is 5.11 Å². The van der Waals surface area contributed by atoms with Crippen LogP contribution < -0.4 is 9.64 Å². The molecule has 0 atom stereocenters. The summed E-state index contributed by atoms with van der Waals surface area (Å²) >= 11 is 0. The van der Waals surface area contributed by atoms with Crippen LogP contribution in [0.4, 0.5) is 5.69 Å². The molecular formula is C13H20N2O2. The molecule has 0 unspecified atom stereocenters. The highest BCUT2D eigenvalue weighted by Crippen LogP contribution is 2.29. The van der Waals surface area contributed by atoms with Crippen molar-refractivity contribution in [1.29, 1.82) is 0 Å². The van der Waals surface area contributed by atoms with Crippen LogP contribution >= 0.6 is 0 Å². The largest absolute Gasteiger partial charge is 0.481 e. The number of ether oxygens (including phenoxy) is 1. The van der Waals surface area contributed by atoms with Crippen LogP contribution in [-0.4, -0.2) is 35.9 Å². The Morgan fingerprint density at radius 3 is 2.76 bits per heavy atom. The third-order valence-corrected chi connectivity index (χ3v) is 3.64. The summed E-state index contributed by atoms with van der Waals surface area (Å²) in [6.45, 7) is 3.82. The summed E-state index contributed by atoms with van der Waals surface area (Å²) in [6.07, 6.45) is 4.25. The van der Waals surface area contributed by atoms with E-state index >= 15 is 0 Å². The minimum Gasteiger partial charge on any atom is -0.481 e. The molecule has 0 amide bonds. The zero-order chi connectivity index (χ0) is 12.3. The Hall–Kier alpha value is -1.29. The van der Waals surface area contributed by atoms with Gasteiger partial charge >= 0.3 is 0 Å². The highest BCUT2D eigenvalue weighted by atomic mass is 16.5. The molecule has 1 aromatic heterocycles. The second kappa shape index (κ2) is 4.92. The molecule has 1 fully saturated rings. The molecule has 2 rings (SSSR count). The molecule has 0 bridgehead atoms. The Balaban J connectivity index is 2.05. The summed E-state index contributed by atoms with van der Waals surface area (Å²) in [6, 6.07) is 3.93. The van der Waals surface area contributed by atoms with E-state index in [0.717, 1.165) is 38.0 Å². The second-order valence-electron chi connectivity index (χ2n) is 4.62. The summed E-state index contributed by atoms with van der Waals surface area (Å²) in [5, 5.41) is 10.2. The summed E-state index contributed by atoms with van der Waals surface area (Å²) in [5.74, 6) is 0.638. The van der Waals surface area contributed by atoms with E-state index in [1.165, 1.54) is 0 Å². The maximum Gasteiger partial charge on any atom is 0.214 e. The van der Waals surface area contributed by atoms with Crippen molar-refractivity contribution in [3.63, 3.8) is 0 Å². The van der Waals surface area contributed by atoms with Crippen LogP contribution in [0, 0.1) is 0 Å². The van der Waals surface area contributed by atoms with E-state index in [1.54, 1.807) is 13.3 Å². The van der Waals surface area contributed by atoms with Crippen molar-refractivity contribution in [3.8, 4) is 5.88 Å². The molecule has 0 radical (unpaired) electrons. The Kier molecular flexibility index (Phi) is 3.52. The van der Waals surface area contributed by atoms with Gasteiger partial charge in [-0.25, -0.2) is 4.98 Å². The average molecular weight is 236 g/mol. The van der Waals surface area contributed by atoms with Gasteiger partial charge in [-0.2, -0.15) is 0 Å². The van der Waals surface area contributed by atoms with Crippen LogP contribution in [0.1, 0.15) is 26.2 Å².